The van der Waals surface area contributed by atoms with E-state index in [1.807, 2.05) is 30.3 Å². The fraction of sp³-hybridized carbons (Fsp3) is 0.115. The summed E-state index contributed by atoms with van der Waals surface area (Å²) in [5.41, 5.74) is 3.29. The highest BCUT2D eigenvalue weighted by Crippen LogP contribution is 2.34. The number of benzene rings is 3. The number of carbonyl (C=O) groups excluding carboxylic acids is 2. The van der Waals surface area contributed by atoms with Crippen LogP contribution in [-0.2, 0) is 9.59 Å². The molecular formula is C26H20FN3O2. The van der Waals surface area contributed by atoms with Gasteiger partial charge in [-0.15, -0.1) is 0 Å². The van der Waals surface area contributed by atoms with Crippen LogP contribution in [0.25, 0.3) is 5.57 Å². The van der Waals surface area contributed by atoms with Gasteiger partial charge in [-0.25, -0.2) is 9.29 Å². The second-order valence-corrected chi connectivity index (χ2v) is 7.76. The van der Waals surface area contributed by atoms with Gasteiger partial charge in [0, 0.05) is 5.69 Å². The molecule has 0 radical (unpaired) electrons. The molecule has 1 heterocycles. The molecule has 158 valence electrons. The van der Waals surface area contributed by atoms with Crippen LogP contribution in [0.1, 0.15) is 36.5 Å². The standard InChI is InChI=1S/C26H20FN3O2/c1-16(2)18-7-11-21(12-8-18)29-24-23(19-5-9-20(27)10-6-19)25(31)30(26(24)32)22-13-3-17(15-28)4-14-22/h3-14,16,29H,1-2H3. The summed E-state index contributed by atoms with van der Waals surface area (Å²) < 4.78 is 13.5. The summed E-state index contributed by atoms with van der Waals surface area (Å²) >= 11 is 0. The summed E-state index contributed by atoms with van der Waals surface area (Å²) in [6, 6.07) is 21.3. The van der Waals surface area contributed by atoms with Crippen molar-refractivity contribution in [2.45, 2.75) is 19.8 Å². The topological polar surface area (TPSA) is 73.2 Å². The molecule has 0 atom stereocenters. The summed E-state index contributed by atoms with van der Waals surface area (Å²) in [4.78, 5) is 27.8. The van der Waals surface area contributed by atoms with E-state index in [0.29, 0.717) is 28.4 Å². The van der Waals surface area contributed by atoms with Gasteiger partial charge in [-0.05, 0) is 65.6 Å². The number of nitrogens with zero attached hydrogens (tertiary/aromatic N) is 2. The number of hydrogen-bond donors (Lipinski definition) is 1. The van der Waals surface area contributed by atoms with Gasteiger partial charge in [-0.1, -0.05) is 38.1 Å². The molecule has 0 bridgehead atoms. The first-order valence-corrected chi connectivity index (χ1v) is 10.1. The predicted octanol–water partition coefficient (Wildman–Crippen LogP) is 5.22. The van der Waals surface area contributed by atoms with E-state index in [1.54, 1.807) is 24.3 Å². The van der Waals surface area contributed by atoms with Gasteiger partial charge >= 0.3 is 0 Å². The summed E-state index contributed by atoms with van der Waals surface area (Å²) in [5, 5.41) is 12.1. The highest BCUT2D eigenvalue weighted by atomic mass is 19.1. The van der Waals surface area contributed by atoms with Gasteiger partial charge in [0.15, 0.2) is 0 Å². The Bertz CT molecular complexity index is 1250. The lowest BCUT2D eigenvalue weighted by atomic mass is 10.0. The molecule has 0 fully saturated rings. The van der Waals surface area contributed by atoms with Gasteiger partial charge < -0.3 is 5.32 Å². The van der Waals surface area contributed by atoms with Crippen molar-refractivity contribution in [2.75, 3.05) is 10.2 Å². The van der Waals surface area contributed by atoms with Crippen molar-refractivity contribution >= 4 is 28.8 Å². The van der Waals surface area contributed by atoms with E-state index in [-0.39, 0.29) is 11.3 Å². The zero-order valence-corrected chi connectivity index (χ0v) is 17.6. The van der Waals surface area contributed by atoms with E-state index in [1.165, 1.54) is 24.3 Å². The maximum atomic E-state index is 13.5. The van der Waals surface area contributed by atoms with Crippen molar-refractivity contribution in [3.63, 3.8) is 0 Å². The van der Waals surface area contributed by atoms with Crippen molar-refractivity contribution in [1.82, 2.24) is 0 Å². The Balaban J connectivity index is 1.77. The van der Waals surface area contributed by atoms with Crippen LogP contribution in [0.4, 0.5) is 15.8 Å². The van der Waals surface area contributed by atoms with Gasteiger partial charge in [0.05, 0.1) is 22.9 Å². The number of nitrogens with one attached hydrogen (secondary N) is 1. The molecule has 1 aliphatic heterocycles. The van der Waals surface area contributed by atoms with Crippen molar-refractivity contribution in [3.05, 3.63) is 101 Å². The fourth-order valence-corrected chi connectivity index (χ4v) is 3.55. The molecule has 2 amide bonds. The second-order valence-electron chi connectivity index (χ2n) is 7.76. The number of anilines is 2. The molecule has 5 nitrogen and oxygen atoms in total. The average Bonchev–Trinajstić information content (AvgIpc) is 3.04. The third-order valence-electron chi connectivity index (χ3n) is 5.32. The second kappa shape index (κ2) is 8.48. The zero-order chi connectivity index (χ0) is 22.8. The number of rotatable bonds is 5. The Hall–Kier alpha value is -4.24. The first kappa shape index (κ1) is 21.0. The molecule has 32 heavy (non-hydrogen) atoms. The quantitative estimate of drug-likeness (QED) is 0.569. The minimum atomic E-state index is -0.521. The van der Waals surface area contributed by atoms with E-state index in [2.05, 4.69) is 19.2 Å². The number of carbonyl (C=O) groups is 2. The lowest BCUT2D eigenvalue weighted by Gasteiger charge is -2.15. The Labute approximate surface area is 185 Å². The molecule has 6 heteroatoms. The van der Waals surface area contributed by atoms with Crippen LogP contribution in [-0.4, -0.2) is 11.8 Å². The monoisotopic (exact) mass is 425 g/mol. The molecule has 4 rings (SSSR count). The van der Waals surface area contributed by atoms with Gasteiger partial charge in [-0.2, -0.15) is 5.26 Å². The van der Waals surface area contributed by atoms with Crippen LogP contribution in [0.2, 0.25) is 0 Å². The van der Waals surface area contributed by atoms with Crippen molar-refractivity contribution < 1.29 is 14.0 Å². The molecule has 1 N–H and O–H groups in total. The van der Waals surface area contributed by atoms with Crippen LogP contribution in [0.3, 0.4) is 0 Å². The first-order chi connectivity index (χ1) is 15.4. The van der Waals surface area contributed by atoms with Crippen LogP contribution in [0.5, 0.6) is 0 Å². The maximum Gasteiger partial charge on any atom is 0.282 e. The van der Waals surface area contributed by atoms with Gasteiger partial charge in [0.1, 0.15) is 11.5 Å². The molecule has 0 spiro atoms. The smallest absolute Gasteiger partial charge is 0.282 e. The normalized spacial score (nSPS) is 13.7. The Morgan fingerprint density at radius 3 is 2.06 bits per heavy atom. The van der Waals surface area contributed by atoms with Crippen LogP contribution >= 0.6 is 0 Å². The zero-order valence-electron chi connectivity index (χ0n) is 17.6. The predicted molar refractivity (Wildman–Crippen MR) is 121 cm³/mol. The minimum Gasteiger partial charge on any atom is -0.350 e. The minimum absolute atomic E-state index is 0.114. The number of halogens is 1. The van der Waals surface area contributed by atoms with Crippen molar-refractivity contribution in [3.8, 4) is 6.07 Å². The first-order valence-electron chi connectivity index (χ1n) is 10.1. The third-order valence-corrected chi connectivity index (χ3v) is 5.32. The van der Waals surface area contributed by atoms with Crippen molar-refractivity contribution in [1.29, 1.82) is 5.26 Å². The number of imide groups is 1. The Morgan fingerprint density at radius 2 is 1.50 bits per heavy atom. The highest BCUT2D eigenvalue weighted by molar-refractivity contribution is 6.46. The molecule has 0 unspecified atom stereocenters. The van der Waals surface area contributed by atoms with E-state index in [0.717, 1.165) is 10.5 Å². The lowest BCUT2D eigenvalue weighted by Crippen LogP contribution is -2.32. The molecule has 3 aromatic rings. The van der Waals surface area contributed by atoms with Gasteiger partial charge in [0.2, 0.25) is 0 Å². The fourth-order valence-electron chi connectivity index (χ4n) is 3.55. The molecule has 0 saturated carbocycles. The summed E-state index contributed by atoms with van der Waals surface area (Å²) in [6.45, 7) is 4.18. The number of hydrogen-bond acceptors (Lipinski definition) is 4. The lowest BCUT2D eigenvalue weighted by molar-refractivity contribution is -0.120. The highest BCUT2D eigenvalue weighted by Gasteiger charge is 2.40. The molecule has 0 aromatic heterocycles. The molecule has 0 saturated heterocycles. The summed E-state index contributed by atoms with van der Waals surface area (Å²) in [6.07, 6.45) is 0. The van der Waals surface area contributed by atoms with Crippen LogP contribution in [0, 0.1) is 17.1 Å². The van der Waals surface area contributed by atoms with Gasteiger partial charge in [-0.3, -0.25) is 9.59 Å². The molecule has 1 aliphatic rings. The average molecular weight is 425 g/mol. The Kier molecular flexibility index (Phi) is 5.57. The SMILES string of the molecule is CC(C)c1ccc(NC2=C(c3ccc(F)cc3)C(=O)N(c3ccc(C#N)cc3)C2=O)cc1. The largest absolute Gasteiger partial charge is 0.350 e. The molecular weight excluding hydrogens is 405 g/mol. The maximum absolute atomic E-state index is 13.5. The summed E-state index contributed by atoms with van der Waals surface area (Å²) in [7, 11) is 0. The Morgan fingerprint density at radius 1 is 0.875 bits per heavy atom. The van der Waals surface area contributed by atoms with Crippen LogP contribution < -0.4 is 10.2 Å². The van der Waals surface area contributed by atoms with E-state index in [9.17, 15) is 14.0 Å². The number of amides is 2. The molecule has 0 aliphatic carbocycles. The van der Waals surface area contributed by atoms with Crippen molar-refractivity contribution in [2.24, 2.45) is 0 Å². The van der Waals surface area contributed by atoms with Crippen LogP contribution in [0.15, 0.2) is 78.5 Å². The van der Waals surface area contributed by atoms with E-state index < -0.39 is 17.6 Å². The van der Waals surface area contributed by atoms with E-state index >= 15 is 0 Å². The molecule has 3 aromatic carbocycles. The van der Waals surface area contributed by atoms with Gasteiger partial charge in [0.25, 0.3) is 11.8 Å². The van der Waals surface area contributed by atoms with E-state index in [4.69, 9.17) is 5.26 Å². The number of nitriles is 1. The third kappa shape index (κ3) is 3.88. The summed E-state index contributed by atoms with van der Waals surface area (Å²) in [5.74, 6) is -1.12.